The van der Waals surface area contributed by atoms with Crippen LogP contribution in [0, 0.1) is 5.92 Å². The summed E-state index contributed by atoms with van der Waals surface area (Å²) in [6.45, 7) is -0.539. The third kappa shape index (κ3) is 4.46. The predicted octanol–water partition coefficient (Wildman–Crippen LogP) is 1.25. The zero-order chi connectivity index (χ0) is 17.9. The van der Waals surface area contributed by atoms with Crippen LogP contribution >= 0.6 is 0 Å². The lowest BCUT2D eigenvalue weighted by atomic mass is 10.1. The van der Waals surface area contributed by atoms with Gasteiger partial charge >= 0.3 is 12.1 Å². The van der Waals surface area contributed by atoms with Crippen LogP contribution in [0.15, 0.2) is 24.3 Å². The molecule has 9 heteroatoms. The minimum absolute atomic E-state index is 0.0362. The molecule has 130 valence electrons. The number of halogens is 3. The summed E-state index contributed by atoms with van der Waals surface area (Å²) in [5.74, 6) is -2.82. The summed E-state index contributed by atoms with van der Waals surface area (Å²) in [5.41, 5.74) is -0.493. The van der Waals surface area contributed by atoms with Crippen LogP contribution in [0.25, 0.3) is 0 Å². The fourth-order valence-corrected chi connectivity index (χ4v) is 2.47. The van der Waals surface area contributed by atoms with Gasteiger partial charge in [0.25, 0.3) is 0 Å². The summed E-state index contributed by atoms with van der Waals surface area (Å²) in [6.07, 6.45) is -4.56. The molecule has 0 spiro atoms. The van der Waals surface area contributed by atoms with E-state index in [1.165, 1.54) is 17.0 Å². The molecule has 2 amide bonds. The molecule has 24 heavy (non-hydrogen) atoms. The first-order chi connectivity index (χ1) is 11.2. The number of carboxylic acid groups (broad SMARTS) is 1. The number of carbonyl (C=O) groups excluding carboxylic acids is 2. The number of hydrogen-bond donors (Lipinski definition) is 2. The van der Waals surface area contributed by atoms with Crippen LogP contribution in [0.4, 0.5) is 13.2 Å². The maximum absolute atomic E-state index is 12.7. The standard InChI is InChI=1S/C15H15F3N2O4/c16-15(17,18)11-3-1-2-9(4-11)7-20-8-10(5-12(20)21)14(24)19-6-13(22)23/h1-4,10H,5-8H2,(H,19,24)(H,22,23). The molecule has 1 aromatic rings. The van der Waals surface area contributed by atoms with Gasteiger partial charge in [0.2, 0.25) is 11.8 Å². The maximum Gasteiger partial charge on any atom is 0.416 e. The number of benzene rings is 1. The fraction of sp³-hybridized carbons (Fsp3) is 0.400. The van der Waals surface area contributed by atoms with Crippen molar-refractivity contribution in [3.63, 3.8) is 0 Å². The van der Waals surface area contributed by atoms with Crippen LogP contribution in [-0.2, 0) is 27.1 Å². The van der Waals surface area contributed by atoms with Gasteiger partial charge in [-0.25, -0.2) is 0 Å². The van der Waals surface area contributed by atoms with E-state index in [0.717, 1.165) is 12.1 Å². The van der Waals surface area contributed by atoms with Gasteiger partial charge in [-0.15, -0.1) is 0 Å². The molecule has 1 aromatic carbocycles. The highest BCUT2D eigenvalue weighted by molar-refractivity contribution is 5.90. The SMILES string of the molecule is O=C(O)CNC(=O)C1CC(=O)N(Cc2cccc(C(F)(F)F)c2)C1. The molecule has 1 aliphatic rings. The lowest BCUT2D eigenvalue weighted by molar-refractivity contribution is -0.138. The van der Waals surface area contributed by atoms with E-state index in [-0.39, 0.29) is 25.4 Å². The largest absolute Gasteiger partial charge is 0.480 e. The minimum Gasteiger partial charge on any atom is -0.480 e. The molecule has 0 saturated carbocycles. The fourth-order valence-electron chi connectivity index (χ4n) is 2.47. The molecule has 6 nitrogen and oxygen atoms in total. The Hall–Kier alpha value is -2.58. The Morgan fingerprint density at radius 3 is 2.67 bits per heavy atom. The number of aliphatic carboxylic acids is 1. The molecule has 1 unspecified atom stereocenters. The normalized spacial score (nSPS) is 17.9. The van der Waals surface area contributed by atoms with Crippen molar-refractivity contribution in [2.75, 3.05) is 13.1 Å². The highest BCUT2D eigenvalue weighted by Gasteiger charge is 2.35. The van der Waals surface area contributed by atoms with Crippen molar-refractivity contribution in [3.8, 4) is 0 Å². The third-order valence-electron chi connectivity index (χ3n) is 3.63. The van der Waals surface area contributed by atoms with Crippen molar-refractivity contribution >= 4 is 17.8 Å². The van der Waals surface area contributed by atoms with Crippen molar-refractivity contribution < 1.29 is 32.7 Å². The summed E-state index contributed by atoms with van der Waals surface area (Å²) in [4.78, 5) is 35.4. The summed E-state index contributed by atoms with van der Waals surface area (Å²) in [7, 11) is 0. The number of alkyl halides is 3. The minimum atomic E-state index is -4.47. The molecule has 2 N–H and O–H groups in total. The van der Waals surface area contributed by atoms with E-state index < -0.39 is 36.1 Å². The number of hydrogen-bond acceptors (Lipinski definition) is 3. The topological polar surface area (TPSA) is 86.7 Å². The Balaban J connectivity index is 2.00. The molecule has 1 saturated heterocycles. The van der Waals surface area contributed by atoms with Gasteiger partial charge in [-0.1, -0.05) is 12.1 Å². The van der Waals surface area contributed by atoms with E-state index in [1.54, 1.807) is 0 Å². The average Bonchev–Trinajstić information content (AvgIpc) is 2.85. The quantitative estimate of drug-likeness (QED) is 0.842. The van der Waals surface area contributed by atoms with Gasteiger partial charge in [0, 0.05) is 19.5 Å². The second kappa shape index (κ2) is 6.90. The molecule has 0 bridgehead atoms. The van der Waals surface area contributed by atoms with Gasteiger partial charge in [0.15, 0.2) is 0 Å². The first-order valence-electron chi connectivity index (χ1n) is 7.10. The number of nitrogens with one attached hydrogen (secondary N) is 1. The van der Waals surface area contributed by atoms with Gasteiger partial charge in [-0.2, -0.15) is 13.2 Å². The maximum atomic E-state index is 12.7. The highest BCUT2D eigenvalue weighted by Crippen LogP contribution is 2.30. The van der Waals surface area contributed by atoms with Gasteiger partial charge in [-0.3, -0.25) is 14.4 Å². The van der Waals surface area contributed by atoms with Crippen LogP contribution in [0.1, 0.15) is 17.5 Å². The van der Waals surface area contributed by atoms with Crippen LogP contribution in [0.5, 0.6) is 0 Å². The summed E-state index contributed by atoms with van der Waals surface area (Å²) in [6, 6.07) is 4.64. The molecular weight excluding hydrogens is 329 g/mol. The number of amides is 2. The van der Waals surface area contributed by atoms with Crippen LogP contribution < -0.4 is 5.32 Å². The molecule has 1 aliphatic heterocycles. The molecule has 0 radical (unpaired) electrons. The van der Waals surface area contributed by atoms with Crippen LogP contribution in [-0.4, -0.2) is 40.9 Å². The number of nitrogens with zero attached hydrogens (tertiary/aromatic N) is 1. The van der Waals surface area contributed by atoms with E-state index in [2.05, 4.69) is 5.32 Å². The second-order valence-corrected chi connectivity index (χ2v) is 5.48. The molecular formula is C15H15F3N2O4. The summed E-state index contributed by atoms with van der Waals surface area (Å²) >= 11 is 0. The van der Waals surface area contributed by atoms with Crippen molar-refractivity contribution in [1.29, 1.82) is 0 Å². The molecule has 1 atom stereocenters. The first kappa shape index (κ1) is 17.8. The Labute approximate surface area is 135 Å². The van der Waals surface area contributed by atoms with E-state index in [1.807, 2.05) is 0 Å². The van der Waals surface area contributed by atoms with Crippen molar-refractivity contribution in [2.45, 2.75) is 19.1 Å². The number of likely N-dealkylation sites (tertiary alicyclic amines) is 1. The zero-order valence-corrected chi connectivity index (χ0v) is 12.5. The average molecular weight is 344 g/mol. The summed E-state index contributed by atoms with van der Waals surface area (Å²) < 4.78 is 38.1. The predicted molar refractivity (Wildman–Crippen MR) is 75.6 cm³/mol. The third-order valence-corrected chi connectivity index (χ3v) is 3.63. The molecule has 0 aliphatic carbocycles. The Kier molecular flexibility index (Phi) is 5.10. The number of carboxylic acids is 1. The first-order valence-corrected chi connectivity index (χ1v) is 7.10. The monoisotopic (exact) mass is 344 g/mol. The Bertz CT molecular complexity index is 660. The lowest BCUT2D eigenvalue weighted by Crippen LogP contribution is -2.35. The van der Waals surface area contributed by atoms with E-state index >= 15 is 0 Å². The molecule has 2 rings (SSSR count). The van der Waals surface area contributed by atoms with Crippen LogP contribution in [0.3, 0.4) is 0 Å². The lowest BCUT2D eigenvalue weighted by Gasteiger charge is -2.17. The molecule has 0 aromatic heterocycles. The summed E-state index contributed by atoms with van der Waals surface area (Å²) in [5, 5.41) is 10.7. The van der Waals surface area contributed by atoms with Crippen molar-refractivity contribution in [1.82, 2.24) is 10.2 Å². The number of rotatable bonds is 5. The second-order valence-electron chi connectivity index (χ2n) is 5.48. The van der Waals surface area contributed by atoms with E-state index in [9.17, 15) is 27.6 Å². The van der Waals surface area contributed by atoms with Crippen molar-refractivity contribution in [2.24, 2.45) is 5.92 Å². The van der Waals surface area contributed by atoms with Gasteiger partial charge in [0.05, 0.1) is 11.5 Å². The van der Waals surface area contributed by atoms with E-state index in [4.69, 9.17) is 5.11 Å². The van der Waals surface area contributed by atoms with Crippen LogP contribution in [0.2, 0.25) is 0 Å². The van der Waals surface area contributed by atoms with Crippen molar-refractivity contribution in [3.05, 3.63) is 35.4 Å². The molecule has 1 heterocycles. The smallest absolute Gasteiger partial charge is 0.416 e. The number of carbonyl (C=O) groups is 3. The van der Waals surface area contributed by atoms with E-state index in [0.29, 0.717) is 5.56 Å². The Morgan fingerprint density at radius 1 is 1.33 bits per heavy atom. The zero-order valence-electron chi connectivity index (χ0n) is 12.5. The van der Waals surface area contributed by atoms with Gasteiger partial charge < -0.3 is 15.3 Å². The highest BCUT2D eigenvalue weighted by atomic mass is 19.4. The van der Waals surface area contributed by atoms with Gasteiger partial charge in [-0.05, 0) is 17.7 Å². The molecule has 1 fully saturated rings. The van der Waals surface area contributed by atoms with Gasteiger partial charge in [0.1, 0.15) is 6.54 Å². The Morgan fingerprint density at radius 2 is 2.04 bits per heavy atom.